The molecule has 0 radical (unpaired) electrons. The molecule has 16 heavy (non-hydrogen) atoms. The Balaban J connectivity index is 2.56. The lowest BCUT2D eigenvalue weighted by atomic mass is 10.1. The second kappa shape index (κ2) is 6.23. The van der Waals surface area contributed by atoms with Gasteiger partial charge < -0.3 is 11.1 Å². The number of nitrogens with one attached hydrogen (secondary N) is 1. The van der Waals surface area contributed by atoms with Crippen molar-refractivity contribution in [3.05, 3.63) is 29.6 Å². The number of pyridine rings is 1. The first-order valence-corrected chi connectivity index (χ1v) is 5.57. The van der Waals surface area contributed by atoms with Crippen molar-refractivity contribution in [2.24, 2.45) is 5.73 Å². The van der Waals surface area contributed by atoms with Crippen molar-refractivity contribution < 1.29 is 4.79 Å². The molecule has 4 heteroatoms. The molecule has 1 unspecified atom stereocenters. The molecule has 0 fully saturated rings. The Morgan fingerprint density at radius 1 is 1.62 bits per heavy atom. The van der Waals surface area contributed by atoms with Gasteiger partial charge in [0.25, 0.3) is 5.91 Å². The van der Waals surface area contributed by atoms with Crippen molar-refractivity contribution >= 4 is 5.91 Å². The predicted octanol–water partition coefficient (Wildman–Crippen LogP) is 1.25. The number of amides is 1. The van der Waals surface area contributed by atoms with E-state index in [1.54, 1.807) is 6.20 Å². The van der Waals surface area contributed by atoms with Gasteiger partial charge in [-0.1, -0.05) is 6.07 Å². The second-order valence-corrected chi connectivity index (χ2v) is 3.97. The minimum Gasteiger partial charge on any atom is -0.348 e. The van der Waals surface area contributed by atoms with Crippen LogP contribution in [-0.2, 0) is 0 Å². The summed E-state index contributed by atoms with van der Waals surface area (Å²) in [6.07, 6.45) is 3.45. The van der Waals surface area contributed by atoms with Gasteiger partial charge in [-0.15, -0.1) is 0 Å². The molecule has 1 rings (SSSR count). The standard InChI is InChI=1S/C12H19N3O/c1-9-5-4-8-14-11(9)12(16)15-10(2)6-3-7-13/h4-5,8,10H,3,6-7,13H2,1-2H3,(H,15,16). The largest absolute Gasteiger partial charge is 0.348 e. The summed E-state index contributed by atoms with van der Waals surface area (Å²) in [5, 5.41) is 2.91. The molecule has 0 aliphatic carbocycles. The molecule has 0 aromatic carbocycles. The van der Waals surface area contributed by atoms with Crippen molar-refractivity contribution in [3.63, 3.8) is 0 Å². The summed E-state index contributed by atoms with van der Waals surface area (Å²) in [4.78, 5) is 15.9. The third-order valence-electron chi connectivity index (χ3n) is 2.44. The van der Waals surface area contributed by atoms with Crippen LogP contribution < -0.4 is 11.1 Å². The summed E-state index contributed by atoms with van der Waals surface area (Å²) >= 11 is 0. The summed E-state index contributed by atoms with van der Waals surface area (Å²) in [6, 6.07) is 3.84. The molecule has 1 amide bonds. The van der Waals surface area contributed by atoms with Gasteiger partial charge in [0.05, 0.1) is 0 Å². The van der Waals surface area contributed by atoms with Crippen molar-refractivity contribution in [1.82, 2.24) is 10.3 Å². The summed E-state index contributed by atoms with van der Waals surface area (Å²) in [7, 11) is 0. The normalized spacial score (nSPS) is 12.2. The predicted molar refractivity (Wildman–Crippen MR) is 64.2 cm³/mol. The number of rotatable bonds is 5. The van der Waals surface area contributed by atoms with Gasteiger partial charge in [0.2, 0.25) is 0 Å². The summed E-state index contributed by atoms with van der Waals surface area (Å²) in [5.41, 5.74) is 6.81. The lowest BCUT2D eigenvalue weighted by Crippen LogP contribution is -2.33. The summed E-state index contributed by atoms with van der Waals surface area (Å²) in [6.45, 7) is 4.52. The van der Waals surface area contributed by atoms with Crippen LogP contribution in [-0.4, -0.2) is 23.5 Å². The Hall–Kier alpha value is -1.42. The smallest absolute Gasteiger partial charge is 0.270 e. The molecule has 0 saturated heterocycles. The van der Waals surface area contributed by atoms with E-state index in [4.69, 9.17) is 5.73 Å². The third-order valence-corrected chi connectivity index (χ3v) is 2.44. The maximum atomic E-state index is 11.8. The lowest BCUT2D eigenvalue weighted by molar-refractivity contribution is 0.0932. The summed E-state index contributed by atoms with van der Waals surface area (Å²) < 4.78 is 0. The molecule has 1 heterocycles. The molecule has 4 nitrogen and oxygen atoms in total. The van der Waals surface area contributed by atoms with Gasteiger partial charge in [0.15, 0.2) is 0 Å². The molecule has 0 aliphatic heterocycles. The highest BCUT2D eigenvalue weighted by Gasteiger charge is 2.12. The highest BCUT2D eigenvalue weighted by molar-refractivity contribution is 5.93. The average Bonchev–Trinajstić information content (AvgIpc) is 2.26. The number of carbonyl (C=O) groups is 1. The molecular formula is C12H19N3O. The van der Waals surface area contributed by atoms with E-state index in [9.17, 15) is 4.79 Å². The SMILES string of the molecule is Cc1cccnc1C(=O)NC(C)CCCN. The first-order valence-electron chi connectivity index (χ1n) is 5.57. The zero-order chi connectivity index (χ0) is 12.0. The van der Waals surface area contributed by atoms with Crippen molar-refractivity contribution in [2.45, 2.75) is 32.7 Å². The minimum atomic E-state index is -0.109. The van der Waals surface area contributed by atoms with Crippen LogP contribution in [0, 0.1) is 6.92 Å². The van der Waals surface area contributed by atoms with Crippen LogP contribution in [0.2, 0.25) is 0 Å². The number of nitrogens with zero attached hydrogens (tertiary/aromatic N) is 1. The van der Waals surface area contributed by atoms with E-state index in [0.29, 0.717) is 12.2 Å². The average molecular weight is 221 g/mol. The Kier molecular flexibility index (Phi) is 4.92. The van der Waals surface area contributed by atoms with E-state index in [1.165, 1.54) is 0 Å². The molecule has 1 aromatic rings. The van der Waals surface area contributed by atoms with Crippen molar-refractivity contribution in [1.29, 1.82) is 0 Å². The van der Waals surface area contributed by atoms with Crippen molar-refractivity contribution in [3.8, 4) is 0 Å². The van der Waals surface area contributed by atoms with E-state index in [0.717, 1.165) is 18.4 Å². The highest BCUT2D eigenvalue weighted by atomic mass is 16.1. The zero-order valence-corrected chi connectivity index (χ0v) is 9.86. The van der Waals surface area contributed by atoms with Gasteiger partial charge in [-0.05, 0) is 44.9 Å². The Bertz CT molecular complexity index is 352. The van der Waals surface area contributed by atoms with Gasteiger partial charge in [-0.2, -0.15) is 0 Å². The van der Waals surface area contributed by atoms with Gasteiger partial charge in [0, 0.05) is 12.2 Å². The van der Waals surface area contributed by atoms with Gasteiger partial charge in [-0.3, -0.25) is 9.78 Å². The van der Waals surface area contributed by atoms with Crippen LogP contribution in [0.25, 0.3) is 0 Å². The van der Waals surface area contributed by atoms with E-state index >= 15 is 0 Å². The topological polar surface area (TPSA) is 68.0 Å². The number of hydrogen-bond acceptors (Lipinski definition) is 3. The molecule has 1 atom stereocenters. The van der Waals surface area contributed by atoms with E-state index in [1.807, 2.05) is 26.0 Å². The molecule has 0 saturated carbocycles. The first-order chi connectivity index (χ1) is 7.65. The Labute approximate surface area is 96.3 Å². The van der Waals surface area contributed by atoms with E-state index < -0.39 is 0 Å². The van der Waals surface area contributed by atoms with Crippen LogP contribution in [0.3, 0.4) is 0 Å². The molecule has 1 aromatic heterocycles. The maximum Gasteiger partial charge on any atom is 0.270 e. The molecule has 0 spiro atoms. The van der Waals surface area contributed by atoms with E-state index in [-0.39, 0.29) is 11.9 Å². The summed E-state index contributed by atoms with van der Waals surface area (Å²) in [5.74, 6) is -0.109. The van der Waals surface area contributed by atoms with Crippen LogP contribution in [0.4, 0.5) is 0 Å². The third kappa shape index (κ3) is 3.62. The first kappa shape index (κ1) is 12.6. The zero-order valence-electron chi connectivity index (χ0n) is 9.86. The molecule has 88 valence electrons. The fourth-order valence-corrected chi connectivity index (χ4v) is 1.51. The number of hydrogen-bond donors (Lipinski definition) is 2. The minimum absolute atomic E-state index is 0.109. The highest BCUT2D eigenvalue weighted by Crippen LogP contribution is 2.04. The fraction of sp³-hybridized carbons (Fsp3) is 0.500. The lowest BCUT2D eigenvalue weighted by Gasteiger charge is -2.13. The number of carbonyl (C=O) groups excluding carboxylic acids is 1. The fourth-order valence-electron chi connectivity index (χ4n) is 1.51. The molecule has 0 bridgehead atoms. The second-order valence-electron chi connectivity index (χ2n) is 3.97. The Morgan fingerprint density at radius 3 is 3.00 bits per heavy atom. The van der Waals surface area contributed by atoms with Gasteiger partial charge >= 0.3 is 0 Å². The van der Waals surface area contributed by atoms with Crippen LogP contribution in [0.5, 0.6) is 0 Å². The van der Waals surface area contributed by atoms with Crippen molar-refractivity contribution in [2.75, 3.05) is 6.54 Å². The van der Waals surface area contributed by atoms with Crippen LogP contribution >= 0.6 is 0 Å². The molecule has 3 N–H and O–H groups in total. The number of nitrogens with two attached hydrogens (primary N) is 1. The Morgan fingerprint density at radius 2 is 2.38 bits per heavy atom. The van der Waals surface area contributed by atoms with Gasteiger partial charge in [-0.25, -0.2) is 0 Å². The quantitative estimate of drug-likeness (QED) is 0.786. The van der Waals surface area contributed by atoms with Crippen LogP contribution in [0.1, 0.15) is 35.8 Å². The van der Waals surface area contributed by atoms with Crippen LogP contribution in [0.15, 0.2) is 18.3 Å². The number of aromatic nitrogens is 1. The number of aryl methyl sites for hydroxylation is 1. The monoisotopic (exact) mass is 221 g/mol. The molecular weight excluding hydrogens is 202 g/mol. The maximum absolute atomic E-state index is 11.8. The van der Waals surface area contributed by atoms with Gasteiger partial charge in [0.1, 0.15) is 5.69 Å². The molecule has 0 aliphatic rings. The van der Waals surface area contributed by atoms with E-state index in [2.05, 4.69) is 10.3 Å².